The second kappa shape index (κ2) is 8.75. The molecular weight excluding hydrogens is 396 g/mol. The average Bonchev–Trinajstić information content (AvgIpc) is 3.35. The van der Waals surface area contributed by atoms with Crippen LogP contribution in [0, 0.1) is 12.8 Å². The number of aromatic nitrogens is 2. The van der Waals surface area contributed by atoms with Crippen LogP contribution >= 0.6 is 11.3 Å². The van der Waals surface area contributed by atoms with E-state index >= 15 is 0 Å². The summed E-state index contributed by atoms with van der Waals surface area (Å²) < 4.78 is 0. The monoisotopic (exact) mass is 420 g/mol. The Kier molecular flexibility index (Phi) is 5.90. The minimum Gasteiger partial charge on any atom is -0.312 e. The summed E-state index contributed by atoms with van der Waals surface area (Å²) in [6.45, 7) is 4.52. The first-order valence-corrected chi connectivity index (χ1v) is 10.9. The minimum atomic E-state index is -0.395. The van der Waals surface area contributed by atoms with Gasteiger partial charge in [-0.2, -0.15) is 0 Å². The molecule has 0 spiro atoms. The zero-order valence-corrected chi connectivity index (χ0v) is 17.9. The lowest BCUT2D eigenvalue weighted by atomic mass is 9.98. The Labute approximate surface area is 180 Å². The Bertz CT molecular complexity index is 1050. The molecule has 1 N–H and O–H groups in total. The molecule has 2 unspecified atom stereocenters. The number of carbonyl (C=O) groups excluding carboxylic acids is 2. The Morgan fingerprint density at radius 2 is 2.00 bits per heavy atom. The fraction of sp³-hybridized carbons (Fsp3) is 0.304. The van der Waals surface area contributed by atoms with Gasteiger partial charge >= 0.3 is 0 Å². The van der Waals surface area contributed by atoms with Crippen molar-refractivity contribution in [3.05, 3.63) is 70.7 Å². The van der Waals surface area contributed by atoms with E-state index in [9.17, 15) is 9.59 Å². The van der Waals surface area contributed by atoms with Crippen LogP contribution in [-0.2, 0) is 16.0 Å². The van der Waals surface area contributed by atoms with Crippen LogP contribution in [0.15, 0.2) is 54.6 Å². The highest BCUT2D eigenvalue weighted by Crippen LogP contribution is 2.28. The van der Waals surface area contributed by atoms with Crippen molar-refractivity contribution in [3.63, 3.8) is 0 Å². The molecule has 1 fully saturated rings. The smallest absolute Gasteiger partial charge is 0.231 e. The molecule has 0 saturated carbocycles. The van der Waals surface area contributed by atoms with Crippen molar-refractivity contribution >= 4 is 34.0 Å². The van der Waals surface area contributed by atoms with Gasteiger partial charge in [0.25, 0.3) is 0 Å². The molecule has 1 aromatic heterocycles. The fourth-order valence-corrected chi connectivity index (χ4v) is 4.56. The van der Waals surface area contributed by atoms with E-state index in [4.69, 9.17) is 0 Å². The highest BCUT2D eigenvalue weighted by atomic mass is 32.1. The Morgan fingerprint density at radius 3 is 2.77 bits per heavy atom. The number of nitrogens with one attached hydrogen (secondary N) is 1. The molecule has 3 aromatic rings. The van der Waals surface area contributed by atoms with Crippen LogP contribution < -0.4 is 10.2 Å². The zero-order chi connectivity index (χ0) is 21.1. The molecule has 30 heavy (non-hydrogen) atoms. The Balaban J connectivity index is 1.36. The van der Waals surface area contributed by atoms with Gasteiger partial charge in [0.05, 0.1) is 5.92 Å². The summed E-state index contributed by atoms with van der Waals surface area (Å²) in [5.74, 6) is -0.292. The second-order valence-corrected chi connectivity index (χ2v) is 8.81. The maximum absolute atomic E-state index is 12.7. The van der Waals surface area contributed by atoms with Crippen LogP contribution in [0.25, 0.3) is 0 Å². The van der Waals surface area contributed by atoms with E-state index in [2.05, 4.69) is 34.6 Å². The summed E-state index contributed by atoms with van der Waals surface area (Å²) >= 11 is 1.39. The third kappa shape index (κ3) is 4.57. The van der Waals surface area contributed by atoms with Crippen molar-refractivity contribution in [1.29, 1.82) is 0 Å². The quantitative estimate of drug-likeness (QED) is 0.649. The normalized spacial score (nSPS) is 17.2. The summed E-state index contributed by atoms with van der Waals surface area (Å²) in [4.78, 5) is 26.8. The lowest BCUT2D eigenvalue weighted by Crippen LogP contribution is -2.28. The van der Waals surface area contributed by atoms with Gasteiger partial charge in [0.15, 0.2) is 0 Å². The molecule has 2 amide bonds. The zero-order valence-electron chi connectivity index (χ0n) is 17.0. The predicted octanol–water partition coefficient (Wildman–Crippen LogP) is 4.18. The summed E-state index contributed by atoms with van der Waals surface area (Å²) in [7, 11) is 0. The van der Waals surface area contributed by atoms with Crippen molar-refractivity contribution in [3.8, 4) is 0 Å². The largest absolute Gasteiger partial charge is 0.312 e. The molecule has 2 heterocycles. The Morgan fingerprint density at radius 1 is 1.20 bits per heavy atom. The highest BCUT2D eigenvalue weighted by molar-refractivity contribution is 7.15. The molecule has 1 aliphatic rings. The molecule has 0 bridgehead atoms. The third-order valence-corrected chi connectivity index (χ3v) is 6.22. The summed E-state index contributed by atoms with van der Waals surface area (Å²) in [6, 6.07) is 18.0. The van der Waals surface area contributed by atoms with E-state index in [1.165, 1.54) is 16.9 Å². The van der Waals surface area contributed by atoms with E-state index in [-0.39, 0.29) is 18.2 Å². The number of hydrogen-bond donors (Lipinski definition) is 1. The maximum Gasteiger partial charge on any atom is 0.231 e. The van der Waals surface area contributed by atoms with E-state index in [1.807, 2.05) is 49.4 Å². The van der Waals surface area contributed by atoms with Crippen LogP contribution in [0.1, 0.15) is 35.4 Å². The highest BCUT2D eigenvalue weighted by Gasteiger charge is 2.35. The third-order valence-electron chi connectivity index (χ3n) is 5.36. The van der Waals surface area contributed by atoms with E-state index < -0.39 is 5.92 Å². The fourth-order valence-electron chi connectivity index (χ4n) is 3.68. The SMILES string of the molecule is Cc1cccc(N2CC(C(=O)Nc3nnc(CC(C)c4ccccc4)s3)CC2=O)c1. The van der Waals surface area contributed by atoms with E-state index in [1.54, 1.807) is 4.90 Å². The standard InChI is InChI=1S/C23H24N4O2S/c1-15-7-6-10-19(11-15)27-14-18(13-21(27)28)22(29)24-23-26-25-20(30-23)12-16(2)17-8-4-3-5-9-17/h3-11,16,18H,12-14H2,1-2H3,(H,24,26,29). The van der Waals surface area contributed by atoms with Crippen LogP contribution in [0.3, 0.4) is 0 Å². The van der Waals surface area contributed by atoms with E-state index in [0.29, 0.717) is 17.6 Å². The molecule has 2 aromatic carbocycles. The number of nitrogens with zero attached hydrogens (tertiary/aromatic N) is 3. The van der Waals surface area contributed by atoms with Gasteiger partial charge in [-0.1, -0.05) is 60.7 Å². The summed E-state index contributed by atoms with van der Waals surface area (Å²) in [5, 5.41) is 12.6. The van der Waals surface area contributed by atoms with Gasteiger partial charge in [-0.05, 0) is 36.1 Å². The van der Waals surface area contributed by atoms with Gasteiger partial charge in [-0.25, -0.2) is 0 Å². The van der Waals surface area contributed by atoms with E-state index in [0.717, 1.165) is 22.7 Å². The van der Waals surface area contributed by atoms with Crippen molar-refractivity contribution in [2.24, 2.45) is 5.92 Å². The molecule has 4 rings (SSSR count). The predicted molar refractivity (Wildman–Crippen MR) is 119 cm³/mol. The molecule has 6 nitrogen and oxygen atoms in total. The molecule has 0 aliphatic carbocycles. The first kappa shape index (κ1) is 20.2. The van der Waals surface area contributed by atoms with Crippen LogP contribution in [-0.4, -0.2) is 28.6 Å². The number of aryl methyl sites for hydroxylation is 1. The molecule has 1 aliphatic heterocycles. The molecule has 1 saturated heterocycles. The van der Waals surface area contributed by atoms with Crippen molar-refractivity contribution in [1.82, 2.24) is 10.2 Å². The number of benzene rings is 2. The number of carbonyl (C=O) groups is 2. The maximum atomic E-state index is 12.7. The van der Waals surface area contributed by atoms with Crippen molar-refractivity contribution in [2.45, 2.75) is 32.6 Å². The molecule has 2 atom stereocenters. The first-order chi connectivity index (χ1) is 14.5. The van der Waals surface area contributed by atoms with Gasteiger partial charge in [-0.15, -0.1) is 10.2 Å². The topological polar surface area (TPSA) is 75.2 Å². The van der Waals surface area contributed by atoms with Crippen LogP contribution in [0.2, 0.25) is 0 Å². The van der Waals surface area contributed by atoms with Crippen molar-refractivity contribution in [2.75, 3.05) is 16.8 Å². The number of hydrogen-bond acceptors (Lipinski definition) is 5. The Hall–Kier alpha value is -3.06. The molecule has 0 radical (unpaired) electrons. The number of rotatable bonds is 6. The lowest BCUT2D eigenvalue weighted by Gasteiger charge is -2.17. The lowest BCUT2D eigenvalue weighted by molar-refractivity contribution is -0.122. The first-order valence-electron chi connectivity index (χ1n) is 10.0. The van der Waals surface area contributed by atoms with Gasteiger partial charge in [-0.3, -0.25) is 9.59 Å². The van der Waals surface area contributed by atoms with Crippen LogP contribution in [0.4, 0.5) is 10.8 Å². The summed E-state index contributed by atoms with van der Waals surface area (Å²) in [5.41, 5.74) is 3.17. The van der Waals surface area contributed by atoms with Gasteiger partial charge < -0.3 is 10.2 Å². The van der Waals surface area contributed by atoms with Crippen molar-refractivity contribution < 1.29 is 9.59 Å². The summed E-state index contributed by atoms with van der Waals surface area (Å²) in [6.07, 6.45) is 0.969. The average molecular weight is 421 g/mol. The van der Waals surface area contributed by atoms with Gasteiger partial charge in [0.1, 0.15) is 5.01 Å². The van der Waals surface area contributed by atoms with Crippen LogP contribution in [0.5, 0.6) is 0 Å². The molecule has 154 valence electrons. The van der Waals surface area contributed by atoms with Gasteiger partial charge in [0.2, 0.25) is 16.9 Å². The molecular formula is C23H24N4O2S. The second-order valence-electron chi connectivity index (χ2n) is 7.75. The molecule has 7 heteroatoms. The number of amides is 2. The minimum absolute atomic E-state index is 0.0320. The van der Waals surface area contributed by atoms with Gasteiger partial charge in [0, 0.05) is 25.1 Å². The number of anilines is 2.